The zero-order chi connectivity index (χ0) is 22.1. The number of rotatable bonds is 9. The Balaban J connectivity index is 1.39. The molecule has 0 aliphatic carbocycles. The van der Waals surface area contributed by atoms with Crippen LogP contribution in [0.2, 0.25) is 0 Å². The fourth-order valence-corrected chi connectivity index (χ4v) is 2.60. The highest BCUT2D eigenvalue weighted by molar-refractivity contribution is 5.89. The average molecular weight is 424 g/mol. The average Bonchev–Trinajstić information content (AvgIpc) is 2.80. The number of ether oxygens (including phenoxy) is 4. The number of carbonyl (C=O) groups is 2. The van der Waals surface area contributed by atoms with Crippen LogP contribution in [0, 0.1) is 5.82 Å². The Bertz CT molecular complexity index is 998. The van der Waals surface area contributed by atoms with E-state index < -0.39 is 17.8 Å². The van der Waals surface area contributed by atoms with E-state index in [1.54, 1.807) is 48.5 Å². The van der Waals surface area contributed by atoms with Crippen molar-refractivity contribution in [1.82, 2.24) is 0 Å². The van der Waals surface area contributed by atoms with E-state index in [-0.39, 0.29) is 6.61 Å². The van der Waals surface area contributed by atoms with Gasteiger partial charge >= 0.3 is 11.9 Å². The molecule has 0 amide bonds. The van der Waals surface area contributed by atoms with E-state index >= 15 is 0 Å². The predicted molar refractivity (Wildman–Crippen MR) is 111 cm³/mol. The van der Waals surface area contributed by atoms with E-state index in [0.29, 0.717) is 41.4 Å². The number of benzene rings is 3. The number of halogens is 1. The van der Waals surface area contributed by atoms with Gasteiger partial charge in [-0.1, -0.05) is 0 Å². The van der Waals surface area contributed by atoms with Gasteiger partial charge in [0, 0.05) is 6.42 Å². The molecule has 0 saturated carbocycles. The van der Waals surface area contributed by atoms with E-state index in [1.165, 1.54) is 31.4 Å². The summed E-state index contributed by atoms with van der Waals surface area (Å²) in [6, 6.07) is 18.9. The molecule has 0 spiro atoms. The first-order valence-corrected chi connectivity index (χ1v) is 9.57. The molecule has 31 heavy (non-hydrogen) atoms. The van der Waals surface area contributed by atoms with Crippen LogP contribution in [-0.2, 0) is 9.47 Å². The van der Waals surface area contributed by atoms with Crippen molar-refractivity contribution in [3.63, 3.8) is 0 Å². The number of methoxy groups -OCH3 is 1. The van der Waals surface area contributed by atoms with Gasteiger partial charge < -0.3 is 18.9 Å². The van der Waals surface area contributed by atoms with Crippen molar-refractivity contribution >= 4 is 11.9 Å². The maximum atomic E-state index is 12.9. The smallest absolute Gasteiger partial charge is 0.338 e. The van der Waals surface area contributed by atoms with Crippen LogP contribution in [0.5, 0.6) is 17.2 Å². The zero-order valence-corrected chi connectivity index (χ0v) is 16.9. The Labute approximate surface area is 179 Å². The monoisotopic (exact) mass is 424 g/mol. The molecule has 0 aromatic heterocycles. The zero-order valence-electron chi connectivity index (χ0n) is 16.9. The summed E-state index contributed by atoms with van der Waals surface area (Å²) in [4.78, 5) is 23.3. The van der Waals surface area contributed by atoms with Crippen molar-refractivity contribution in [1.29, 1.82) is 0 Å². The number of esters is 2. The van der Waals surface area contributed by atoms with Gasteiger partial charge in [0.15, 0.2) is 0 Å². The van der Waals surface area contributed by atoms with Crippen LogP contribution in [0.4, 0.5) is 4.39 Å². The fraction of sp³-hybridized carbons (Fsp3) is 0.167. The molecule has 3 aromatic rings. The second-order valence-corrected chi connectivity index (χ2v) is 6.43. The molecule has 0 bridgehead atoms. The largest absolute Gasteiger partial charge is 0.493 e. The molecule has 160 valence electrons. The third-order valence-electron chi connectivity index (χ3n) is 4.21. The van der Waals surface area contributed by atoms with E-state index in [4.69, 9.17) is 14.2 Å². The lowest BCUT2D eigenvalue weighted by atomic mass is 10.2. The molecule has 0 aliphatic rings. The van der Waals surface area contributed by atoms with Crippen LogP contribution >= 0.6 is 0 Å². The molecule has 3 rings (SSSR count). The number of hydrogen-bond donors (Lipinski definition) is 0. The van der Waals surface area contributed by atoms with Gasteiger partial charge in [-0.05, 0) is 72.8 Å². The summed E-state index contributed by atoms with van der Waals surface area (Å²) in [6.07, 6.45) is 0.512. The van der Waals surface area contributed by atoms with E-state index in [2.05, 4.69) is 4.74 Å². The van der Waals surface area contributed by atoms with Gasteiger partial charge in [0.2, 0.25) is 0 Å². The first-order valence-electron chi connectivity index (χ1n) is 9.57. The van der Waals surface area contributed by atoms with Crippen molar-refractivity contribution in [2.75, 3.05) is 20.3 Å². The molecule has 0 heterocycles. The summed E-state index contributed by atoms with van der Waals surface area (Å²) in [7, 11) is 1.33. The van der Waals surface area contributed by atoms with Gasteiger partial charge in [0.1, 0.15) is 23.1 Å². The maximum absolute atomic E-state index is 12.9. The number of hydrogen-bond acceptors (Lipinski definition) is 6. The molecular weight excluding hydrogens is 403 g/mol. The Morgan fingerprint density at radius 2 is 1.23 bits per heavy atom. The lowest BCUT2D eigenvalue weighted by molar-refractivity contribution is 0.0485. The summed E-state index contributed by atoms with van der Waals surface area (Å²) in [6.45, 7) is 0.560. The van der Waals surface area contributed by atoms with Gasteiger partial charge in [-0.25, -0.2) is 14.0 Å². The highest BCUT2D eigenvalue weighted by Gasteiger charge is 2.07. The van der Waals surface area contributed by atoms with Crippen molar-refractivity contribution in [2.45, 2.75) is 6.42 Å². The van der Waals surface area contributed by atoms with Crippen LogP contribution in [-0.4, -0.2) is 32.3 Å². The van der Waals surface area contributed by atoms with Crippen LogP contribution in [0.15, 0.2) is 72.8 Å². The lowest BCUT2D eigenvalue weighted by Crippen LogP contribution is -2.09. The van der Waals surface area contributed by atoms with E-state index in [0.717, 1.165) is 0 Å². The van der Waals surface area contributed by atoms with E-state index in [1.807, 2.05) is 0 Å². The van der Waals surface area contributed by atoms with E-state index in [9.17, 15) is 14.0 Å². The molecule has 0 radical (unpaired) electrons. The highest BCUT2D eigenvalue weighted by Crippen LogP contribution is 2.24. The van der Waals surface area contributed by atoms with Crippen LogP contribution in [0.1, 0.15) is 27.1 Å². The molecular formula is C24H21FO6. The lowest BCUT2D eigenvalue weighted by Gasteiger charge is -2.09. The molecule has 0 unspecified atom stereocenters. The SMILES string of the molecule is COC(=O)c1ccc(Oc2ccc(OCCCOC(=O)c3ccc(F)cc3)cc2)cc1. The molecule has 3 aromatic carbocycles. The van der Waals surface area contributed by atoms with Crippen molar-refractivity contribution in [3.8, 4) is 17.2 Å². The Kier molecular flexibility index (Phi) is 7.59. The Morgan fingerprint density at radius 3 is 1.84 bits per heavy atom. The summed E-state index contributed by atoms with van der Waals surface area (Å²) in [5.74, 6) is 0.547. The molecule has 0 fully saturated rings. The standard InChI is InChI=1S/C24H21FO6/c1-28-23(26)17-5-9-21(10-6-17)31-22-13-11-20(12-14-22)29-15-2-16-30-24(27)18-3-7-19(25)8-4-18/h3-14H,2,15-16H2,1H3. The summed E-state index contributed by atoms with van der Waals surface area (Å²) >= 11 is 0. The number of carbonyl (C=O) groups excluding carboxylic acids is 2. The summed E-state index contributed by atoms with van der Waals surface area (Å²) < 4.78 is 34.0. The minimum Gasteiger partial charge on any atom is -0.493 e. The molecule has 0 N–H and O–H groups in total. The molecule has 0 aliphatic heterocycles. The molecule has 6 nitrogen and oxygen atoms in total. The summed E-state index contributed by atoms with van der Waals surface area (Å²) in [5.41, 5.74) is 0.750. The molecule has 0 saturated heterocycles. The minimum atomic E-state index is -0.499. The topological polar surface area (TPSA) is 71.1 Å². The van der Waals surface area contributed by atoms with Gasteiger partial charge in [0.05, 0.1) is 31.5 Å². The quantitative estimate of drug-likeness (QED) is 0.354. The van der Waals surface area contributed by atoms with Crippen molar-refractivity contribution in [2.24, 2.45) is 0 Å². The molecule has 7 heteroatoms. The first-order chi connectivity index (χ1) is 15.0. The normalized spacial score (nSPS) is 10.3. The second-order valence-electron chi connectivity index (χ2n) is 6.43. The van der Waals surface area contributed by atoms with Gasteiger partial charge in [-0.2, -0.15) is 0 Å². The Morgan fingerprint density at radius 1 is 0.710 bits per heavy atom. The fourth-order valence-electron chi connectivity index (χ4n) is 2.60. The summed E-state index contributed by atoms with van der Waals surface area (Å²) in [5, 5.41) is 0. The van der Waals surface area contributed by atoms with Crippen LogP contribution < -0.4 is 9.47 Å². The van der Waals surface area contributed by atoms with Crippen molar-refractivity contribution in [3.05, 3.63) is 89.7 Å². The second kappa shape index (κ2) is 10.8. The molecule has 0 atom stereocenters. The van der Waals surface area contributed by atoms with Gasteiger partial charge in [-0.15, -0.1) is 0 Å². The van der Waals surface area contributed by atoms with Crippen LogP contribution in [0.25, 0.3) is 0 Å². The third-order valence-corrected chi connectivity index (χ3v) is 4.21. The minimum absolute atomic E-state index is 0.193. The Hall–Kier alpha value is -3.87. The van der Waals surface area contributed by atoms with Crippen molar-refractivity contribution < 1.29 is 32.9 Å². The third kappa shape index (κ3) is 6.57. The van der Waals surface area contributed by atoms with Gasteiger partial charge in [0.25, 0.3) is 0 Å². The van der Waals surface area contributed by atoms with Crippen LogP contribution in [0.3, 0.4) is 0 Å². The van der Waals surface area contributed by atoms with Gasteiger partial charge in [-0.3, -0.25) is 0 Å². The first kappa shape index (κ1) is 21.8. The predicted octanol–water partition coefficient (Wildman–Crippen LogP) is 5.03. The highest BCUT2D eigenvalue weighted by atomic mass is 19.1. The maximum Gasteiger partial charge on any atom is 0.338 e.